The van der Waals surface area contributed by atoms with Crippen molar-refractivity contribution in [1.82, 2.24) is 20.2 Å². The monoisotopic (exact) mass is 320 g/mol. The van der Waals surface area contributed by atoms with Gasteiger partial charge in [0.25, 0.3) is 0 Å². The van der Waals surface area contributed by atoms with Gasteiger partial charge in [-0.15, -0.1) is 5.10 Å². The number of carbonyl (C=O) groups is 1. The standard InChI is InChI=1S/C17H9FN4O2/c18-13-4-2-1-3-9(13)14-10-7-11(17(23)24)16-12(8-21-22-16)15(10)20-6-5-19-14/h1-8H,(H,23,24). The van der Waals surface area contributed by atoms with E-state index in [1.807, 2.05) is 0 Å². The summed E-state index contributed by atoms with van der Waals surface area (Å²) in [6.45, 7) is 0. The molecule has 0 fully saturated rings. The predicted molar refractivity (Wildman–Crippen MR) is 85.0 cm³/mol. The summed E-state index contributed by atoms with van der Waals surface area (Å²) in [6.07, 6.45) is 4.36. The minimum Gasteiger partial charge on any atom is -0.478 e. The van der Waals surface area contributed by atoms with Crippen molar-refractivity contribution in [2.75, 3.05) is 0 Å². The van der Waals surface area contributed by atoms with Gasteiger partial charge in [-0.05, 0) is 18.2 Å². The van der Waals surface area contributed by atoms with Crippen molar-refractivity contribution in [1.29, 1.82) is 0 Å². The van der Waals surface area contributed by atoms with E-state index in [1.165, 1.54) is 30.7 Å². The third kappa shape index (κ3) is 2.06. The Morgan fingerprint density at radius 1 is 1.04 bits per heavy atom. The zero-order valence-corrected chi connectivity index (χ0v) is 12.1. The average Bonchev–Trinajstić information content (AvgIpc) is 2.96. The highest BCUT2D eigenvalue weighted by Gasteiger charge is 2.18. The second-order valence-electron chi connectivity index (χ2n) is 5.12. The molecule has 0 saturated heterocycles. The molecule has 0 amide bonds. The average molecular weight is 320 g/mol. The maximum absolute atomic E-state index is 14.2. The number of hydrogen-bond donors (Lipinski definition) is 1. The van der Waals surface area contributed by atoms with Crippen LogP contribution in [0.4, 0.5) is 4.39 Å². The quantitative estimate of drug-likeness (QED) is 0.610. The van der Waals surface area contributed by atoms with Crippen LogP contribution in [0.3, 0.4) is 0 Å². The Kier molecular flexibility index (Phi) is 3.13. The van der Waals surface area contributed by atoms with Gasteiger partial charge >= 0.3 is 5.97 Å². The first-order valence-electron chi connectivity index (χ1n) is 7.04. The van der Waals surface area contributed by atoms with Gasteiger partial charge in [-0.1, -0.05) is 12.1 Å². The number of carboxylic acid groups (broad SMARTS) is 1. The van der Waals surface area contributed by atoms with Gasteiger partial charge in [-0.3, -0.25) is 9.97 Å². The Hall–Kier alpha value is -3.48. The third-order valence-corrected chi connectivity index (χ3v) is 3.74. The van der Waals surface area contributed by atoms with Gasteiger partial charge in [-0.25, -0.2) is 9.18 Å². The molecule has 24 heavy (non-hydrogen) atoms. The Morgan fingerprint density at radius 2 is 1.83 bits per heavy atom. The van der Waals surface area contributed by atoms with Gasteiger partial charge in [-0.2, -0.15) is 5.10 Å². The van der Waals surface area contributed by atoms with E-state index in [9.17, 15) is 14.3 Å². The Morgan fingerprint density at radius 3 is 2.62 bits per heavy atom. The highest BCUT2D eigenvalue weighted by molar-refractivity contribution is 6.15. The molecule has 2 heterocycles. The number of halogens is 1. The van der Waals surface area contributed by atoms with E-state index in [0.717, 1.165) is 0 Å². The molecule has 6 nitrogen and oxygen atoms in total. The molecule has 0 bridgehead atoms. The lowest BCUT2D eigenvalue weighted by Gasteiger charge is -2.05. The van der Waals surface area contributed by atoms with Crippen LogP contribution in [0.1, 0.15) is 10.4 Å². The molecule has 4 rings (SSSR count). The van der Waals surface area contributed by atoms with Crippen molar-refractivity contribution in [3.63, 3.8) is 0 Å². The summed E-state index contributed by atoms with van der Waals surface area (Å²) < 4.78 is 14.2. The first-order chi connectivity index (χ1) is 11.7. The molecular weight excluding hydrogens is 311 g/mol. The van der Waals surface area contributed by atoms with Crippen molar-refractivity contribution < 1.29 is 14.3 Å². The lowest BCUT2D eigenvalue weighted by Crippen LogP contribution is -1.99. The molecule has 4 aromatic rings. The summed E-state index contributed by atoms with van der Waals surface area (Å²) in [5, 5.41) is 18.0. The molecule has 0 saturated carbocycles. The van der Waals surface area contributed by atoms with Crippen molar-refractivity contribution in [3.05, 3.63) is 60.3 Å². The molecule has 0 spiro atoms. The molecule has 0 aliphatic heterocycles. The first-order valence-corrected chi connectivity index (χ1v) is 7.04. The van der Waals surface area contributed by atoms with Crippen LogP contribution < -0.4 is 0 Å². The van der Waals surface area contributed by atoms with E-state index in [2.05, 4.69) is 20.2 Å². The molecule has 1 N–H and O–H groups in total. The molecule has 0 radical (unpaired) electrons. The summed E-state index contributed by atoms with van der Waals surface area (Å²) in [6, 6.07) is 7.59. The first kappa shape index (κ1) is 14.1. The Bertz CT molecular complexity index is 1110. The molecule has 2 aromatic carbocycles. The minimum absolute atomic E-state index is 0.0256. The van der Waals surface area contributed by atoms with E-state index >= 15 is 0 Å². The van der Waals surface area contributed by atoms with Crippen LogP contribution in [-0.4, -0.2) is 31.2 Å². The number of fused-ring (bicyclic) bond motifs is 3. The summed E-state index contributed by atoms with van der Waals surface area (Å²) >= 11 is 0. The molecule has 7 heteroatoms. The van der Waals surface area contributed by atoms with Gasteiger partial charge in [0.05, 0.1) is 23.0 Å². The van der Waals surface area contributed by atoms with Crippen LogP contribution in [0.15, 0.2) is 48.9 Å². The number of nitrogens with zero attached hydrogens (tertiary/aromatic N) is 4. The van der Waals surface area contributed by atoms with E-state index in [1.54, 1.807) is 18.2 Å². The molecule has 0 unspecified atom stereocenters. The van der Waals surface area contributed by atoms with Crippen molar-refractivity contribution in [3.8, 4) is 11.3 Å². The summed E-state index contributed by atoms with van der Waals surface area (Å²) in [5.74, 6) is -1.60. The van der Waals surface area contributed by atoms with Gasteiger partial charge < -0.3 is 5.11 Å². The minimum atomic E-state index is -1.15. The Balaban J connectivity index is 2.22. The highest BCUT2D eigenvalue weighted by atomic mass is 19.1. The van der Waals surface area contributed by atoms with Crippen LogP contribution >= 0.6 is 0 Å². The fourth-order valence-electron chi connectivity index (χ4n) is 2.69. The molecule has 2 aromatic heterocycles. The van der Waals surface area contributed by atoms with Crippen LogP contribution in [-0.2, 0) is 0 Å². The SMILES string of the molecule is O=C(O)c1cc2c(-c3ccccc3F)nccnc2c2cnnc12. The zero-order valence-electron chi connectivity index (χ0n) is 12.1. The molecule has 0 atom stereocenters. The van der Waals surface area contributed by atoms with E-state index < -0.39 is 11.8 Å². The fraction of sp³-hybridized carbons (Fsp3) is 0. The van der Waals surface area contributed by atoms with Crippen LogP contribution in [0.5, 0.6) is 0 Å². The molecule has 116 valence electrons. The van der Waals surface area contributed by atoms with Crippen LogP contribution in [0, 0.1) is 5.82 Å². The smallest absolute Gasteiger partial charge is 0.338 e. The van der Waals surface area contributed by atoms with E-state index in [-0.39, 0.29) is 16.6 Å². The van der Waals surface area contributed by atoms with Crippen LogP contribution in [0.2, 0.25) is 0 Å². The largest absolute Gasteiger partial charge is 0.478 e. The Labute approximate surface area is 134 Å². The number of rotatable bonds is 2. The topological polar surface area (TPSA) is 88.9 Å². The maximum Gasteiger partial charge on any atom is 0.338 e. The molecular formula is C17H9FN4O2. The number of hydrogen-bond acceptors (Lipinski definition) is 5. The van der Waals surface area contributed by atoms with Gasteiger partial charge in [0.2, 0.25) is 0 Å². The van der Waals surface area contributed by atoms with Crippen molar-refractivity contribution in [2.45, 2.75) is 0 Å². The number of carboxylic acids is 1. The second-order valence-corrected chi connectivity index (χ2v) is 5.12. The zero-order chi connectivity index (χ0) is 16.7. The predicted octanol–water partition coefficient (Wildman–Crippen LogP) is 3.08. The fourth-order valence-corrected chi connectivity index (χ4v) is 2.69. The maximum atomic E-state index is 14.2. The van der Waals surface area contributed by atoms with Gasteiger partial charge in [0, 0.05) is 28.7 Å². The number of aromatic carboxylic acids is 1. The summed E-state index contributed by atoms with van der Waals surface area (Å²) in [4.78, 5) is 20.1. The molecule has 0 aliphatic carbocycles. The lowest BCUT2D eigenvalue weighted by atomic mass is 10.0. The number of benzene rings is 2. The van der Waals surface area contributed by atoms with Crippen LogP contribution in [0.25, 0.3) is 33.1 Å². The van der Waals surface area contributed by atoms with Gasteiger partial charge in [0.1, 0.15) is 11.3 Å². The summed E-state index contributed by atoms with van der Waals surface area (Å²) in [5.41, 5.74) is 1.26. The van der Waals surface area contributed by atoms with Gasteiger partial charge in [0.15, 0.2) is 0 Å². The molecule has 0 aliphatic rings. The third-order valence-electron chi connectivity index (χ3n) is 3.74. The normalized spacial score (nSPS) is 11.0. The highest BCUT2D eigenvalue weighted by Crippen LogP contribution is 2.32. The van der Waals surface area contributed by atoms with Crippen molar-refractivity contribution >= 4 is 27.8 Å². The van der Waals surface area contributed by atoms with E-state index in [4.69, 9.17) is 0 Å². The van der Waals surface area contributed by atoms with E-state index in [0.29, 0.717) is 22.0 Å². The summed E-state index contributed by atoms with van der Waals surface area (Å²) in [7, 11) is 0. The lowest BCUT2D eigenvalue weighted by molar-refractivity contribution is 0.0699. The second kappa shape index (κ2) is 5.31. The van der Waals surface area contributed by atoms with Crippen molar-refractivity contribution in [2.24, 2.45) is 0 Å². The number of aromatic nitrogens is 4.